The lowest BCUT2D eigenvalue weighted by molar-refractivity contribution is -0.139. The Kier molecular flexibility index (Phi) is 6.49. The third kappa shape index (κ3) is 5.19. The van der Waals surface area contributed by atoms with E-state index >= 15 is 0 Å². The number of ether oxygens (including phenoxy) is 1. The Morgan fingerprint density at radius 3 is 2.36 bits per heavy atom. The first-order chi connectivity index (χ1) is 6.49. The summed E-state index contributed by atoms with van der Waals surface area (Å²) in [5.74, 6) is -0.0669. The summed E-state index contributed by atoms with van der Waals surface area (Å²) in [6.07, 6.45) is -0.497. The van der Waals surface area contributed by atoms with Gasteiger partial charge in [-0.25, -0.2) is 0 Å². The first kappa shape index (κ1) is 13.4. The summed E-state index contributed by atoms with van der Waals surface area (Å²) in [5.41, 5.74) is 0. The lowest BCUT2D eigenvalue weighted by Crippen LogP contribution is -2.43. The van der Waals surface area contributed by atoms with Crippen molar-refractivity contribution in [3.05, 3.63) is 0 Å². The summed E-state index contributed by atoms with van der Waals surface area (Å²) in [5, 5.41) is 9.21. The van der Waals surface area contributed by atoms with Crippen LogP contribution >= 0.6 is 0 Å². The van der Waals surface area contributed by atoms with E-state index in [9.17, 15) is 9.90 Å². The molecule has 0 aromatic carbocycles. The van der Waals surface area contributed by atoms with E-state index in [1.807, 2.05) is 20.8 Å². The molecule has 14 heavy (non-hydrogen) atoms. The molecule has 1 unspecified atom stereocenters. The van der Waals surface area contributed by atoms with Crippen molar-refractivity contribution in [1.29, 1.82) is 0 Å². The maximum atomic E-state index is 11.6. The van der Waals surface area contributed by atoms with Gasteiger partial charge in [0.25, 0.3) is 0 Å². The molecule has 4 heteroatoms. The number of hydrogen-bond acceptors (Lipinski definition) is 3. The molecule has 0 spiro atoms. The van der Waals surface area contributed by atoms with E-state index in [0.29, 0.717) is 13.2 Å². The summed E-state index contributed by atoms with van der Waals surface area (Å²) >= 11 is 0. The zero-order valence-corrected chi connectivity index (χ0v) is 9.49. The SMILES string of the molecule is CCOCC(=O)N(CC(C)O)C(C)C. The zero-order valence-electron chi connectivity index (χ0n) is 9.49. The fourth-order valence-corrected chi connectivity index (χ4v) is 1.16. The van der Waals surface area contributed by atoms with Crippen molar-refractivity contribution in [3.63, 3.8) is 0 Å². The van der Waals surface area contributed by atoms with Crippen LogP contribution in [0.3, 0.4) is 0 Å². The highest BCUT2D eigenvalue weighted by Gasteiger charge is 2.18. The van der Waals surface area contributed by atoms with Gasteiger partial charge in [0, 0.05) is 19.2 Å². The van der Waals surface area contributed by atoms with Gasteiger partial charge in [0.15, 0.2) is 0 Å². The second-order valence-corrected chi connectivity index (χ2v) is 3.63. The summed E-state index contributed by atoms with van der Waals surface area (Å²) < 4.78 is 5.04. The Hall–Kier alpha value is -0.610. The van der Waals surface area contributed by atoms with E-state index in [1.165, 1.54) is 0 Å². The van der Waals surface area contributed by atoms with Gasteiger partial charge in [-0.1, -0.05) is 0 Å². The second kappa shape index (κ2) is 6.79. The molecule has 0 aliphatic heterocycles. The summed E-state index contributed by atoms with van der Waals surface area (Å²) in [6, 6.07) is 0.0950. The average Bonchev–Trinajstić information content (AvgIpc) is 2.09. The van der Waals surface area contributed by atoms with Crippen molar-refractivity contribution in [1.82, 2.24) is 4.90 Å². The Morgan fingerprint density at radius 2 is 2.00 bits per heavy atom. The van der Waals surface area contributed by atoms with Crippen LogP contribution in [0.2, 0.25) is 0 Å². The molecule has 1 N–H and O–H groups in total. The van der Waals surface area contributed by atoms with Crippen LogP contribution in [0, 0.1) is 0 Å². The van der Waals surface area contributed by atoms with Crippen LogP contribution < -0.4 is 0 Å². The van der Waals surface area contributed by atoms with E-state index < -0.39 is 6.10 Å². The van der Waals surface area contributed by atoms with Crippen LogP contribution in [-0.4, -0.2) is 47.8 Å². The van der Waals surface area contributed by atoms with Gasteiger partial charge in [-0.2, -0.15) is 0 Å². The van der Waals surface area contributed by atoms with Crippen LogP contribution in [-0.2, 0) is 9.53 Å². The molecular formula is C10H21NO3. The predicted molar refractivity (Wildman–Crippen MR) is 55.0 cm³/mol. The van der Waals surface area contributed by atoms with Gasteiger partial charge in [-0.15, -0.1) is 0 Å². The molecule has 1 amide bonds. The van der Waals surface area contributed by atoms with Crippen molar-refractivity contribution < 1.29 is 14.6 Å². The van der Waals surface area contributed by atoms with Crippen LogP contribution in [0.15, 0.2) is 0 Å². The molecule has 0 aromatic rings. The first-order valence-electron chi connectivity index (χ1n) is 5.04. The first-order valence-corrected chi connectivity index (χ1v) is 5.04. The summed E-state index contributed by atoms with van der Waals surface area (Å²) in [6.45, 7) is 8.36. The van der Waals surface area contributed by atoms with Crippen molar-refractivity contribution >= 4 is 5.91 Å². The maximum absolute atomic E-state index is 11.6. The number of hydrogen-bond donors (Lipinski definition) is 1. The number of rotatable bonds is 6. The molecule has 84 valence electrons. The number of amides is 1. The fraction of sp³-hybridized carbons (Fsp3) is 0.900. The molecule has 0 saturated heterocycles. The van der Waals surface area contributed by atoms with Gasteiger partial charge in [0.05, 0.1) is 6.10 Å². The minimum atomic E-state index is -0.497. The van der Waals surface area contributed by atoms with Gasteiger partial charge in [0.1, 0.15) is 6.61 Å². The molecule has 1 atom stereocenters. The largest absolute Gasteiger partial charge is 0.392 e. The van der Waals surface area contributed by atoms with E-state index in [-0.39, 0.29) is 18.6 Å². The Balaban J connectivity index is 4.12. The van der Waals surface area contributed by atoms with Gasteiger partial charge in [-0.05, 0) is 27.7 Å². The van der Waals surface area contributed by atoms with Crippen LogP contribution in [0.25, 0.3) is 0 Å². The zero-order chi connectivity index (χ0) is 11.1. The molecule has 0 rings (SSSR count). The predicted octanol–water partition coefficient (Wildman–Crippen LogP) is 0.641. The second-order valence-electron chi connectivity index (χ2n) is 3.63. The molecule has 0 saturated carbocycles. The highest BCUT2D eigenvalue weighted by Crippen LogP contribution is 2.01. The third-order valence-electron chi connectivity index (χ3n) is 1.83. The quantitative estimate of drug-likeness (QED) is 0.689. The lowest BCUT2D eigenvalue weighted by atomic mass is 10.2. The standard InChI is InChI=1S/C10H21NO3/c1-5-14-7-10(13)11(8(2)3)6-9(4)12/h8-9,12H,5-7H2,1-4H3. The van der Waals surface area contributed by atoms with E-state index in [2.05, 4.69) is 0 Å². The maximum Gasteiger partial charge on any atom is 0.248 e. The normalized spacial score (nSPS) is 13.0. The smallest absolute Gasteiger partial charge is 0.248 e. The Morgan fingerprint density at radius 1 is 1.43 bits per heavy atom. The summed E-state index contributed by atoms with van der Waals surface area (Å²) in [4.78, 5) is 13.2. The van der Waals surface area contributed by atoms with E-state index in [4.69, 9.17) is 4.74 Å². The van der Waals surface area contributed by atoms with Crippen molar-refractivity contribution in [2.75, 3.05) is 19.8 Å². The molecule has 4 nitrogen and oxygen atoms in total. The van der Waals surface area contributed by atoms with Gasteiger partial charge < -0.3 is 14.7 Å². The molecular weight excluding hydrogens is 182 g/mol. The average molecular weight is 203 g/mol. The van der Waals surface area contributed by atoms with Gasteiger partial charge in [0.2, 0.25) is 5.91 Å². The highest BCUT2D eigenvalue weighted by atomic mass is 16.5. The van der Waals surface area contributed by atoms with Crippen LogP contribution in [0.4, 0.5) is 0 Å². The van der Waals surface area contributed by atoms with Gasteiger partial charge >= 0.3 is 0 Å². The molecule has 0 fully saturated rings. The lowest BCUT2D eigenvalue weighted by Gasteiger charge is -2.27. The van der Waals surface area contributed by atoms with E-state index in [0.717, 1.165) is 0 Å². The Labute approximate surface area is 85.9 Å². The summed E-state index contributed by atoms with van der Waals surface area (Å²) in [7, 11) is 0. The molecule has 0 radical (unpaired) electrons. The topological polar surface area (TPSA) is 49.8 Å². The number of carbonyl (C=O) groups excluding carboxylic acids is 1. The fourth-order valence-electron chi connectivity index (χ4n) is 1.16. The monoisotopic (exact) mass is 203 g/mol. The number of aliphatic hydroxyl groups is 1. The van der Waals surface area contributed by atoms with Crippen molar-refractivity contribution in [2.24, 2.45) is 0 Å². The minimum absolute atomic E-state index is 0.0669. The highest BCUT2D eigenvalue weighted by molar-refractivity contribution is 5.77. The minimum Gasteiger partial charge on any atom is -0.392 e. The van der Waals surface area contributed by atoms with Crippen molar-refractivity contribution in [2.45, 2.75) is 39.8 Å². The van der Waals surface area contributed by atoms with Crippen molar-refractivity contribution in [3.8, 4) is 0 Å². The Bertz CT molecular complexity index is 169. The molecule has 0 aliphatic carbocycles. The molecule has 0 bridgehead atoms. The van der Waals surface area contributed by atoms with E-state index in [1.54, 1.807) is 11.8 Å². The number of nitrogens with zero attached hydrogens (tertiary/aromatic N) is 1. The third-order valence-corrected chi connectivity index (χ3v) is 1.83. The number of aliphatic hydroxyl groups excluding tert-OH is 1. The van der Waals surface area contributed by atoms with Gasteiger partial charge in [-0.3, -0.25) is 4.79 Å². The van der Waals surface area contributed by atoms with Crippen LogP contribution in [0.5, 0.6) is 0 Å². The van der Waals surface area contributed by atoms with Crippen LogP contribution in [0.1, 0.15) is 27.7 Å². The molecule has 0 aromatic heterocycles. The molecule has 0 aliphatic rings. The molecule has 0 heterocycles. The number of carbonyl (C=O) groups is 1.